The number of nitrogens with one attached hydrogen (secondary N) is 1. The number of hydrogen-bond donors (Lipinski definition) is 1. The molecule has 0 radical (unpaired) electrons. The number of hydrogen-bond acceptors (Lipinski definition) is 8. The van der Waals surface area contributed by atoms with E-state index in [9.17, 15) is 4.79 Å². The van der Waals surface area contributed by atoms with Gasteiger partial charge in [-0.1, -0.05) is 30.0 Å². The van der Waals surface area contributed by atoms with Gasteiger partial charge in [-0.25, -0.2) is 0 Å². The summed E-state index contributed by atoms with van der Waals surface area (Å²) < 4.78 is 17.6. The molecule has 3 aromatic rings. The van der Waals surface area contributed by atoms with E-state index in [0.29, 0.717) is 28.1 Å². The van der Waals surface area contributed by atoms with Gasteiger partial charge in [-0.15, -0.1) is 5.10 Å². The number of ether oxygens (including phenoxy) is 3. The Bertz CT molecular complexity index is 1010. The van der Waals surface area contributed by atoms with Crippen LogP contribution in [-0.4, -0.2) is 53.2 Å². The van der Waals surface area contributed by atoms with Crippen molar-refractivity contribution in [3.05, 3.63) is 41.5 Å². The Hall–Kier alpha value is -3.27. The lowest BCUT2D eigenvalue weighted by molar-refractivity contribution is -0.113. The number of carbonyl (C=O) groups is 1. The molecule has 3 rings (SSSR count). The molecular formula is C20H23N5O4S. The molecule has 1 N–H and O–H groups in total. The first kappa shape index (κ1) is 21.4. The van der Waals surface area contributed by atoms with Crippen LogP contribution in [0.2, 0.25) is 0 Å². The molecule has 10 heteroatoms. The topological polar surface area (TPSA) is 100 Å². The quantitative estimate of drug-likeness (QED) is 0.546. The number of anilines is 1. The fourth-order valence-electron chi connectivity index (χ4n) is 3.03. The Kier molecular flexibility index (Phi) is 6.78. The van der Waals surface area contributed by atoms with Crippen LogP contribution < -0.4 is 19.5 Å². The van der Waals surface area contributed by atoms with Gasteiger partial charge in [-0.3, -0.25) is 4.79 Å². The van der Waals surface area contributed by atoms with Crippen LogP contribution in [0.25, 0.3) is 5.69 Å². The van der Waals surface area contributed by atoms with Gasteiger partial charge in [0, 0.05) is 17.8 Å². The molecule has 0 bridgehead atoms. The van der Waals surface area contributed by atoms with Gasteiger partial charge in [0.15, 0.2) is 11.5 Å². The lowest BCUT2D eigenvalue weighted by Gasteiger charge is -2.14. The number of tetrazole rings is 1. The summed E-state index contributed by atoms with van der Waals surface area (Å²) in [6.45, 7) is 3.99. The second-order valence-corrected chi connectivity index (χ2v) is 7.31. The second-order valence-electron chi connectivity index (χ2n) is 6.36. The van der Waals surface area contributed by atoms with Crippen molar-refractivity contribution < 1.29 is 19.0 Å². The van der Waals surface area contributed by atoms with Gasteiger partial charge in [0.1, 0.15) is 0 Å². The minimum atomic E-state index is -0.217. The van der Waals surface area contributed by atoms with E-state index in [1.165, 1.54) is 33.1 Å². The van der Waals surface area contributed by atoms with Crippen molar-refractivity contribution in [3.63, 3.8) is 0 Å². The number of carbonyl (C=O) groups excluding carboxylic acids is 1. The maximum absolute atomic E-state index is 12.5. The number of aryl methyl sites for hydroxylation is 2. The Morgan fingerprint density at radius 2 is 1.70 bits per heavy atom. The molecule has 9 nitrogen and oxygen atoms in total. The van der Waals surface area contributed by atoms with Crippen LogP contribution in [0.15, 0.2) is 35.5 Å². The molecule has 0 aliphatic heterocycles. The number of nitrogens with zero attached hydrogens (tertiary/aromatic N) is 4. The summed E-state index contributed by atoms with van der Waals surface area (Å²) in [5.74, 6) is 1.28. The highest BCUT2D eigenvalue weighted by Gasteiger charge is 2.17. The van der Waals surface area contributed by atoms with Gasteiger partial charge >= 0.3 is 0 Å². The van der Waals surface area contributed by atoms with Crippen LogP contribution in [0.4, 0.5) is 5.69 Å². The Morgan fingerprint density at radius 3 is 2.27 bits per heavy atom. The van der Waals surface area contributed by atoms with Crippen LogP contribution >= 0.6 is 11.8 Å². The summed E-state index contributed by atoms with van der Waals surface area (Å²) in [7, 11) is 4.56. The standard InChI is InChI=1S/C20H23N5O4S/c1-12-7-6-8-13(2)18(12)25-20(22-23-24-25)30-11-17(26)21-14-9-15(27-3)19(29-5)16(10-14)28-4/h6-10H,11H2,1-5H3,(H,21,26). The van der Waals surface area contributed by atoms with E-state index in [0.717, 1.165) is 16.8 Å². The number of benzene rings is 2. The van der Waals surface area contributed by atoms with Crippen LogP contribution in [-0.2, 0) is 4.79 Å². The van der Waals surface area contributed by atoms with Gasteiger partial charge < -0.3 is 19.5 Å². The molecule has 0 spiro atoms. The largest absolute Gasteiger partial charge is 0.493 e. The Balaban J connectivity index is 1.73. The molecule has 0 saturated heterocycles. The monoisotopic (exact) mass is 429 g/mol. The van der Waals surface area contributed by atoms with Gasteiger partial charge in [-0.05, 0) is 35.4 Å². The van der Waals surface area contributed by atoms with E-state index in [1.807, 2.05) is 32.0 Å². The molecule has 0 fully saturated rings. The lowest BCUT2D eigenvalue weighted by Crippen LogP contribution is -2.15. The van der Waals surface area contributed by atoms with Crippen molar-refractivity contribution in [1.29, 1.82) is 0 Å². The van der Waals surface area contributed by atoms with Crippen LogP contribution in [0, 0.1) is 13.8 Å². The number of methoxy groups -OCH3 is 3. The third-order valence-electron chi connectivity index (χ3n) is 4.37. The van der Waals surface area contributed by atoms with E-state index in [1.54, 1.807) is 16.8 Å². The molecule has 0 saturated carbocycles. The zero-order chi connectivity index (χ0) is 21.7. The first-order chi connectivity index (χ1) is 14.5. The van der Waals surface area contributed by atoms with Gasteiger partial charge in [-0.2, -0.15) is 4.68 Å². The lowest BCUT2D eigenvalue weighted by atomic mass is 10.1. The summed E-state index contributed by atoms with van der Waals surface area (Å²) >= 11 is 1.25. The number of amides is 1. The van der Waals surface area contributed by atoms with Crippen molar-refractivity contribution >= 4 is 23.4 Å². The molecule has 2 aromatic carbocycles. The van der Waals surface area contributed by atoms with Gasteiger partial charge in [0.25, 0.3) is 0 Å². The minimum absolute atomic E-state index is 0.127. The Morgan fingerprint density at radius 1 is 1.07 bits per heavy atom. The van der Waals surface area contributed by atoms with Crippen molar-refractivity contribution in [1.82, 2.24) is 20.2 Å². The summed E-state index contributed by atoms with van der Waals surface area (Å²) in [4.78, 5) is 12.5. The molecule has 0 aliphatic carbocycles. The van der Waals surface area contributed by atoms with E-state index in [2.05, 4.69) is 20.8 Å². The molecule has 0 atom stereocenters. The molecule has 1 aromatic heterocycles. The fourth-order valence-corrected chi connectivity index (χ4v) is 3.71. The molecule has 1 heterocycles. The van der Waals surface area contributed by atoms with Crippen molar-refractivity contribution in [2.45, 2.75) is 19.0 Å². The van der Waals surface area contributed by atoms with Crippen molar-refractivity contribution in [2.24, 2.45) is 0 Å². The Labute approximate surface area is 178 Å². The number of para-hydroxylation sites is 1. The van der Waals surface area contributed by atoms with Crippen LogP contribution in [0.5, 0.6) is 17.2 Å². The predicted octanol–water partition coefficient (Wildman–Crippen LogP) is 3.04. The van der Waals surface area contributed by atoms with Crippen molar-refractivity contribution in [2.75, 3.05) is 32.4 Å². The van der Waals surface area contributed by atoms with Crippen LogP contribution in [0.1, 0.15) is 11.1 Å². The van der Waals surface area contributed by atoms with Crippen LogP contribution in [0.3, 0.4) is 0 Å². The highest BCUT2D eigenvalue weighted by molar-refractivity contribution is 7.99. The fraction of sp³-hybridized carbons (Fsp3) is 0.300. The first-order valence-electron chi connectivity index (χ1n) is 9.06. The molecular weight excluding hydrogens is 406 g/mol. The zero-order valence-electron chi connectivity index (χ0n) is 17.4. The summed E-state index contributed by atoms with van der Waals surface area (Å²) in [6, 6.07) is 9.32. The smallest absolute Gasteiger partial charge is 0.234 e. The van der Waals surface area contributed by atoms with Gasteiger partial charge in [0.2, 0.25) is 16.8 Å². The number of aromatic nitrogens is 4. The average Bonchev–Trinajstić information content (AvgIpc) is 3.19. The summed E-state index contributed by atoms with van der Waals surface area (Å²) in [5, 5.41) is 15.3. The normalized spacial score (nSPS) is 10.6. The zero-order valence-corrected chi connectivity index (χ0v) is 18.2. The van der Waals surface area contributed by atoms with E-state index in [4.69, 9.17) is 14.2 Å². The molecule has 158 valence electrons. The molecule has 1 amide bonds. The summed E-state index contributed by atoms with van der Waals surface area (Å²) in [6.07, 6.45) is 0. The number of thioether (sulfide) groups is 1. The number of rotatable bonds is 8. The summed E-state index contributed by atoms with van der Waals surface area (Å²) in [5.41, 5.74) is 3.54. The predicted molar refractivity (Wildman–Crippen MR) is 114 cm³/mol. The molecule has 0 aliphatic rings. The van der Waals surface area contributed by atoms with E-state index >= 15 is 0 Å². The van der Waals surface area contributed by atoms with Crippen molar-refractivity contribution in [3.8, 4) is 22.9 Å². The maximum atomic E-state index is 12.5. The first-order valence-corrected chi connectivity index (χ1v) is 10.0. The average molecular weight is 430 g/mol. The molecule has 30 heavy (non-hydrogen) atoms. The maximum Gasteiger partial charge on any atom is 0.234 e. The SMILES string of the molecule is COc1cc(NC(=O)CSc2nnnn2-c2c(C)cccc2C)cc(OC)c1OC. The third kappa shape index (κ3) is 4.48. The molecule has 0 unspecified atom stereocenters. The van der Waals surface area contributed by atoms with E-state index in [-0.39, 0.29) is 11.7 Å². The highest BCUT2D eigenvalue weighted by Crippen LogP contribution is 2.40. The van der Waals surface area contributed by atoms with Gasteiger partial charge in [0.05, 0.1) is 32.8 Å². The third-order valence-corrected chi connectivity index (χ3v) is 5.29. The minimum Gasteiger partial charge on any atom is -0.493 e. The second kappa shape index (κ2) is 9.49. The highest BCUT2D eigenvalue weighted by atomic mass is 32.2. The van der Waals surface area contributed by atoms with E-state index < -0.39 is 0 Å².